The van der Waals surface area contributed by atoms with Crippen LogP contribution in [0.2, 0.25) is 5.02 Å². The normalized spacial score (nSPS) is 16.1. The average Bonchev–Trinajstić information content (AvgIpc) is 2.89. The van der Waals surface area contributed by atoms with E-state index in [0.29, 0.717) is 0 Å². The first-order valence-corrected chi connectivity index (χ1v) is 12.3. The van der Waals surface area contributed by atoms with Crippen LogP contribution in [0.25, 0.3) is 11.1 Å². The first-order chi connectivity index (χ1) is 16.5. The molecule has 1 fully saturated rings. The summed E-state index contributed by atoms with van der Waals surface area (Å²) in [7, 11) is 1.48. The van der Waals surface area contributed by atoms with Gasteiger partial charge in [-0.05, 0) is 67.3 Å². The zero-order valence-electron chi connectivity index (χ0n) is 20.0. The number of ether oxygens (including phenoxy) is 1. The van der Waals surface area contributed by atoms with E-state index < -0.39 is 5.41 Å². The van der Waals surface area contributed by atoms with Crippen molar-refractivity contribution < 1.29 is 9.53 Å². The highest BCUT2D eigenvalue weighted by molar-refractivity contribution is 6.30. The van der Waals surface area contributed by atoms with Crippen molar-refractivity contribution in [2.75, 3.05) is 44.7 Å². The molecule has 34 heavy (non-hydrogen) atoms. The minimum Gasteiger partial charge on any atom is -0.468 e. The summed E-state index contributed by atoms with van der Waals surface area (Å²) in [6, 6.07) is 26.7. The van der Waals surface area contributed by atoms with Crippen LogP contribution < -0.4 is 4.90 Å². The largest absolute Gasteiger partial charge is 0.468 e. The van der Waals surface area contributed by atoms with E-state index in [4.69, 9.17) is 16.3 Å². The number of piperazine rings is 1. The average molecular weight is 477 g/mol. The van der Waals surface area contributed by atoms with Crippen LogP contribution >= 0.6 is 11.6 Å². The zero-order chi connectivity index (χ0) is 24.0. The fourth-order valence-electron chi connectivity index (χ4n) is 4.81. The summed E-state index contributed by atoms with van der Waals surface area (Å²) in [4.78, 5) is 17.5. The van der Waals surface area contributed by atoms with Crippen LogP contribution in [0.1, 0.15) is 25.3 Å². The maximum atomic E-state index is 12.6. The third-order valence-electron chi connectivity index (χ3n) is 6.96. The minimum absolute atomic E-state index is 0.162. The quantitative estimate of drug-likeness (QED) is 0.371. The van der Waals surface area contributed by atoms with Crippen LogP contribution in [-0.2, 0) is 14.9 Å². The minimum atomic E-state index is -0.609. The number of benzene rings is 3. The standard InChI is InChI=1S/C29H33ClN2O2/c1-29(28(33)34-2,25-9-4-3-5-10-25)16-7-17-31-18-20-32(21-19-31)27-14-12-23(13-15-27)24-8-6-11-26(30)22-24/h3-6,8-15,22H,7,16-21H2,1-2H3. The van der Waals surface area contributed by atoms with Crippen LogP contribution in [0.5, 0.6) is 0 Å². The Labute approximate surface area is 208 Å². The third kappa shape index (κ3) is 5.63. The monoisotopic (exact) mass is 476 g/mol. The second-order valence-corrected chi connectivity index (χ2v) is 9.62. The highest BCUT2D eigenvalue weighted by Crippen LogP contribution is 2.31. The molecule has 1 heterocycles. The Balaban J connectivity index is 1.29. The number of carbonyl (C=O) groups is 1. The summed E-state index contributed by atoms with van der Waals surface area (Å²) in [5.41, 5.74) is 3.98. The van der Waals surface area contributed by atoms with E-state index in [9.17, 15) is 4.79 Å². The molecule has 5 heteroatoms. The lowest BCUT2D eigenvalue weighted by Gasteiger charge is -2.36. The smallest absolute Gasteiger partial charge is 0.315 e. The highest BCUT2D eigenvalue weighted by atomic mass is 35.5. The molecule has 1 atom stereocenters. The summed E-state index contributed by atoms with van der Waals surface area (Å²) in [6.07, 6.45) is 1.73. The van der Waals surface area contributed by atoms with Gasteiger partial charge in [0.25, 0.3) is 0 Å². The summed E-state index contributed by atoms with van der Waals surface area (Å²) >= 11 is 6.14. The van der Waals surface area contributed by atoms with Crippen molar-refractivity contribution in [3.8, 4) is 11.1 Å². The lowest BCUT2D eigenvalue weighted by Crippen LogP contribution is -2.47. The van der Waals surface area contributed by atoms with Gasteiger partial charge in [-0.1, -0.05) is 66.2 Å². The van der Waals surface area contributed by atoms with E-state index in [0.717, 1.165) is 61.7 Å². The van der Waals surface area contributed by atoms with Crippen molar-refractivity contribution in [3.05, 3.63) is 89.4 Å². The van der Waals surface area contributed by atoms with Crippen LogP contribution in [0.3, 0.4) is 0 Å². The zero-order valence-corrected chi connectivity index (χ0v) is 20.8. The topological polar surface area (TPSA) is 32.8 Å². The van der Waals surface area contributed by atoms with E-state index >= 15 is 0 Å². The van der Waals surface area contributed by atoms with Crippen molar-refractivity contribution in [1.29, 1.82) is 0 Å². The van der Waals surface area contributed by atoms with Crippen LogP contribution in [0.15, 0.2) is 78.9 Å². The molecule has 178 valence electrons. The molecular weight excluding hydrogens is 444 g/mol. The second kappa shape index (κ2) is 11.1. The maximum Gasteiger partial charge on any atom is 0.315 e. The van der Waals surface area contributed by atoms with Gasteiger partial charge < -0.3 is 9.64 Å². The number of hydrogen-bond donors (Lipinski definition) is 0. The molecule has 1 saturated heterocycles. The first kappa shape index (κ1) is 24.3. The number of rotatable bonds is 8. The molecule has 3 aromatic rings. The van der Waals surface area contributed by atoms with Crippen molar-refractivity contribution in [1.82, 2.24) is 4.90 Å². The van der Waals surface area contributed by atoms with Crippen LogP contribution in [0, 0.1) is 0 Å². The third-order valence-corrected chi connectivity index (χ3v) is 7.20. The van der Waals surface area contributed by atoms with Gasteiger partial charge in [-0.25, -0.2) is 0 Å². The van der Waals surface area contributed by atoms with E-state index in [2.05, 4.69) is 40.1 Å². The van der Waals surface area contributed by atoms with Gasteiger partial charge in [0, 0.05) is 36.9 Å². The van der Waals surface area contributed by atoms with E-state index in [-0.39, 0.29) is 5.97 Å². The van der Waals surface area contributed by atoms with Gasteiger partial charge >= 0.3 is 5.97 Å². The Bertz CT molecular complexity index is 1080. The van der Waals surface area contributed by atoms with Crippen molar-refractivity contribution in [3.63, 3.8) is 0 Å². The van der Waals surface area contributed by atoms with Gasteiger partial charge in [0.05, 0.1) is 12.5 Å². The Hall–Kier alpha value is -2.82. The van der Waals surface area contributed by atoms with Gasteiger partial charge in [-0.15, -0.1) is 0 Å². The molecule has 1 aliphatic heterocycles. The summed E-state index contributed by atoms with van der Waals surface area (Å²) in [5, 5.41) is 0.758. The van der Waals surface area contributed by atoms with Gasteiger partial charge in [-0.3, -0.25) is 9.69 Å². The lowest BCUT2D eigenvalue weighted by atomic mass is 9.78. The predicted molar refractivity (Wildman–Crippen MR) is 141 cm³/mol. The highest BCUT2D eigenvalue weighted by Gasteiger charge is 2.36. The number of halogens is 1. The van der Waals surface area contributed by atoms with Crippen LogP contribution in [-0.4, -0.2) is 50.7 Å². The number of hydrogen-bond acceptors (Lipinski definition) is 4. The molecule has 0 radical (unpaired) electrons. The molecule has 1 aliphatic rings. The number of esters is 1. The van der Waals surface area contributed by atoms with Crippen molar-refractivity contribution in [2.24, 2.45) is 0 Å². The Morgan fingerprint density at radius 3 is 2.26 bits per heavy atom. The molecule has 0 amide bonds. The van der Waals surface area contributed by atoms with E-state index in [1.54, 1.807) is 0 Å². The van der Waals surface area contributed by atoms with E-state index in [1.165, 1.54) is 18.4 Å². The number of methoxy groups -OCH3 is 1. The van der Waals surface area contributed by atoms with Crippen molar-refractivity contribution in [2.45, 2.75) is 25.2 Å². The Kier molecular flexibility index (Phi) is 7.91. The molecule has 0 N–H and O–H groups in total. The lowest BCUT2D eigenvalue weighted by molar-refractivity contribution is -0.147. The molecule has 3 aromatic carbocycles. The van der Waals surface area contributed by atoms with Crippen LogP contribution in [0.4, 0.5) is 5.69 Å². The first-order valence-electron chi connectivity index (χ1n) is 12.0. The Morgan fingerprint density at radius 1 is 0.912 bits per heavy atom. The SMILES string of the molecule is COC(=O)C(C)(CCCN1CCN(c2ccc(-c3cccc(Cl)c3)cc2)CC1)c1ccccc1. The summed E-state index contributed by atoms with van der Waals surface area (Å²) in [5.74, 6) is -0.162. The Morgan fingerprint density at radius 2 is 1.62 bits per heavy atom. The second-order valence-electron chi connectivity index (χ2n) is 9.18. The molecule has 4 rings (SSSR count). The molecule has 0 spiro atoms. The van der Waals surface area contributed by atoms with Crippen molar-refractivity contribution >= 4 is 23.3 Å². The van der Waals surface area contributed by atoms with Gasteiger partial charge in [-0.2, -0.15) is 0 Å². The number of carbonyl (C=O) groups excluding carboxylic acids is 1. The summed E-state index contributed by atoms with van der Waals surface area (Å²) < 4.78 is 5.15. The molecule has 0 saturated carbocycles. The number of anilines is 1. The predicted octanol–water partition coefficient (Wildman–Crippen LogP) is 6.04. The molecular formula is C29H33ClN2O2. The van der Waals surface area contributed by atoms with Gasteiger partial charge in [0.15, 0.2) is 0 Å². The van der Waals surface area contributed by atoms with Gasteiger partial charge in [0.2, 0.25) is 0 Å². The fraction of sp³-hybridized carbons (Fsp3) is 0.345. The maximum absolute atomic E-state index is 12.6. The van der Waals surface area contributed by atoms with E-state index in [1.807, 2.05) is 55.5 Å². The molecule has 0 aromatic heterocycles. The number of nitrogens with zero attached hydrogens (tertiary/aromatic N) is 2. The summed E-state index contributed by atoms with van der Waals surface area (Å²) in [6.45, 7) is 7.04. The molecule has 0 aliphatic carbocycles. The fourth-order valence-corrected chi connectivity index (χ4v) is 5.00. The molecule has 0 bridgehead atoms. The molecule has 1 unspecified atom stereocenters. The van der Waals surface area contributed by atoms with Gasteiger partial charge in [0.1, 0.15) is 0 Å². The molecule has 4 nitrogen and oxygen atoms in total.